The van der Waals surface area contributed by atoms with Gasteiger partial charge in [0.25, 0.3) is 5.79 Å². The van der Waals surface area contributed by atoms with Crippen LogP contribution in [0.5, 0.6) is 0 Å². The second-order valence-electron chi connectivity index (χ2n) is 18.2. The molecule has 26 atom stereocenters. The van der Waals surface area contributed by atoms with Crippen molar-refractivity contribution in [2.24, 2.45) is 0 Å². The van der Waals surface area contributed by atoms with Gasteiger partial charge in [0.15, 0.2) is 25.2 Å². The van der Waals surface area contributed by atoms with Gasteiger partial charge in [-0.05, 0) is 0 Å². The van der Waals surface area contributed by atoms with E-state index in [0.717, 1.165) is 20.8 Å². The molecule has 0 aromatic carbocycles. The molecule has 5 aliphatic rings. The van der Waals surface area contributed by atoms with Gasteiger partial charge in [-0.1, -0.05) is 0 Å². The minimum absolute atomic E-state index is 0.822. The smallest absolute Gasteiger partial charge is 0.397 e. The fraction of sp³-hybridized carbons (Fsp3) is 0.897. The number of aliphatic carboxylic acids is 1. The summed E-state index contributed by atoms with van der Waals surface area (Å²) in [6.45, 7) is -2.44. The van der Waals surface area contributed by atoms with Crippen molar-refractivity contribution in [1.29, 1.82) is 0 Å². The number of aliphatic hydroxyl groups is 14. The van der Waals surface area contributed by atoms with Gasteiger partial charge in [-0.15, -0.1) is 0 Å². The van der Waals surface area contributed by atoms with Crippen LogP contribution < -0.4 is 16.0 Å². The SMILES string of the molecule is CC(=O)N[C@@H]1[C@@H](O[C@@H]2O[C@H](COS(=O)(=O)O)[C@H](O)[C@H](O)[C@H]2O)[C@@H](O)[C@@H](CO[C@@H]2O[C@H](CO)[C@@H](O[C@@H]3O[C@H](CO)[C@H](O)[C@H](O[C@]4(C(=O)O)C[C@H](O)[C@@H](NC(C)=O)[C@H]([C@H](O)[C@H](O)CO)O4)[C@H]3O)[C@H](O)[C@H]2NC(C)=O)O[C@H]1O. The average molecular weight is 1120 g/mol. The lowest BCUT2D eigenvalue weighted by Gasteiger charge is -2.51. The highest BCUT2D eigenvalue weighted by Gasteiger charge is 2.61. The zero-order chi connectivity index (χ0) is 56.2. The summed E-state index contributed by atoms with van der Waals surface area (Å²) in [6, 6.07) is -5.14. The molecule has 0 aromatic heterocycles. The molecule has 0 saturated carbocycles. The molecule has 75 heavy (non-hydrogen) atoms. The minimum atomic E-state index is -5.13. The summed E-state index contributed by atoms with van der Waals surface area (Å²) in [7, 11) is -5.13. The maximum Gasteiger partial charge on any atom is 0.397 e. The number of ether oxygens (including phenoxy) is 9. The van der Waals surface area contributed by atoms with E-state index in [2.05, 4.69) is 20.1 Å². The second-order valence-corrected chi connectivity index (χ2v) is 19.2. The van der Waals surface area contributed by atoms with E-state index in [-0.39, 0.29) is 0 Å². The van der Waals surface area contributed by atoms with Crippen molar-refractivity contribution in [3.8, 4) is 0 Å². The number of carboxylic acids is 1. The maximum absolute atomic E-state index is 12.9. The topological polar surface area (TPSA) is 554 Å². The zero-order valence-electron chi connectivity index (χ0n) is 39.8. The number of carbonyl (C=O) groups excluding carboxylic acids is 3. The quantitative estimate of drug-likeness (QED) is 0.0475. The van der Waals surface area contributed by atoms with Crippen molar-refractivity contribution in [3.05, 3.63) is 0 Å². The minimum Gasteiger partial charge on any atom is -0.477 e. The Labute approximate surface area is 424 Å². The first-order valence-corrected chi connectivity index (χ1v) is 24.2. The molecule has 5 heterocycles. The molecule has 0 unspecified atom stereocenters. The van der Waals surface area contributed by atoms with Crippen LogP contribution in [0.3, 0.4) is 0 Å². The number of aliphatic hydroxyl groups excluding tert-OH is 14. The number of carboxylic acid groups (broad SMARTS) is 1. The van der Waals surface area contributed by atoms with Crippen LogP contribution in [-0.2, 0) is 76.4 Å². The zero-order valence-corrected chi connectivity index (χ0v) is 40.6. The van der Waals surface area contributed by atoms with Gasteiger partial charge in [0.1, 0.15) is 116 Å². The first kappa shape index (κ1) is 62.7. The van der Waals surface area contributed by atoms with E-state index < -0.39 is 232 Å². The van der Waals surface area contributed by atoms with E-state index in [0.29, 0.717) is 0 Å². The standard InChI is InChI=1S/C39H65N3O32S/c1-10(46)40-19-13(49)4-39(38(60)61,73-32(19)22(51)14(50)5-43)74-33-24(53)15(6-44)68-37(29(33)58)71-30-16(7-45)69-35(20(26(30)55)41-11(2)47)65-8-17-25(54)31(21(34(59)67-17)42-12(3)48)72-36-28(57)27(56)23(52)18(70-36)9-66-75(62,63)64/h13-37,43-45,49-59H,4-9H2,1-3H3,(H,40,46)(H,41,47)(H,42,48)(H,60,61)(H,62,63,64)/t13-,14+,15+,16+,17+,18+,19+,20+,21+,22+,23-,24-,25-,26+,27-,28+,29+,30+,31+,32+,33-,34+,35+,36-,37-,39-/m0/s1. The summed E-state index contributed by atoms with van der Waals surface area (Å²) in [4.78, 5) is 49.6. The molecular weight excluding hydrogens is 1050 g/mol. The van der Waals surface area contributed by atoms with Crippen LogP contribution in [-0.4, -0.2) is 305 Å². The Hall–Kier alpha value is -3.17. The van der Waals surface area contributed by atoms with E-state index in [9.17, 15) is 104 Å². The fourth-order valence-corrected chi connectivity index (χ4v) is 9.29. The molecule has 3 amide bonds. The third kappa shape index (κ3) is 14.8. The molecule has 0 radical (unpaired) electrons. The number of nitrogens with one attached hydrogen (secondary N) is 3. The largest absolute Gasteiger partial charge is 0.477 e. The Morgan fingerprint density at radius 1 is 0.613 bits per heavy atom. The van der Waals surface area contributed by atoms with Crippen LogP contribution in [0, 0.1) is 0 Å². The molecule has 0 spiro atoms. The van der Waals surface area contributed by atoms with E-state index in [4.69, 9.17) is 47.2 Å². The van der Waals surface area contributed by atoms with Crippen molar-refractivity contribution >= 4 is 34.1 Å². The number of hydrogen-bond donors (Lipinski definition) is 19. The lowest BCUT2D eigenvalue weighted by molar-refractivity contribution is -0.383. The molecule has 36 heteroatoms. The van der Waals surface area contributed by atoms with E-state index in [1.54, 1.807) is 0 Å². The van der Waals surface area contributed by atoms with Crippen LogP contribution in [0.4, 0.5) is 0 Å². The lowest BCUT2D eigenvalue weighted by Crippen LogP contribution is -2.71. The van der Waals surface area contributed by atoms with Gasteiger partial charge in [-0.3, -0.25) is 18.9 Å². The monoisotopic (exact) mass is 1120 g/mol. The summed E-state index contributed by atoms with van der Waals surface area (Å²) in [5.74, 6) is -7.79. The van der Waals surface area contributed by atoms with Gasteiger partial charge in [0, 0.05) is 27.2 Å². The molecular formula is C39H65N3O32S. The molecule has 19 N–H and O–H groups in total. The predicted molar refractivity (Wildman–Crippen MR) is 229 cm³/mol. The van der Waals surface area contributed by atoms with Crippen molar-refractivity contribution in [2.45, 2.75) is 186 Å². The molecule has 5 aliphatic heterocycles. The van der Waals surface area contributed by atoms with Gasteiger partial charge in [-0.2, -0.15) is 8.42 Å². The van der Waals surface area contributed by atoms with Crippen molar-refractivity contribution in [1.82, 2.24) is 16.0 Å². The Bertz CT molecular complexity index is 2030. The summed E-state index contributed by atoms with van der Waals surface area (Å²) < 4.78 is 86.4. The molecule has 5 fully saturated rings. The molecule has 434 valence electrons. The Balaban J connectivity index is 1.36. The number of amides is 3. The normalized spacial score (nSPS) is 43.5. The predicted octanol–water partition coefficient (Wildman–Crippen LogP) is -12.5. The Morgan fingerprint density at radius 2 is 1.13 bits per heavy atom. The van der Waals surface area contributed by atoms with Crippen molar-refractivity contribution in [2.75, 3.05) is 33.0 Å². The summed E-state index contributed by atoms with van der Waals surface area (Å²) in [5, 5.41) is 168. The van der Waals surface area contributed by atoms with Crippen LogP contribution in [0.25, 0.3) is 0 Å². The van der Waals surface area contributed by atoms with Crippen LogP contribution >= 0.6 is 0 Å². The fourth-order valence-electron chi connectivity index (χ4n) is 8.98. The second kappa shape index (κ2) is 26.2. The van der Waals surface area contributed by atoms with Crippen LogP contribution in [0.1, 0.15) is 27.2 Å². The van der Waals surface area contributed by atoms with Crippen LogP contribution in [0.15, 0.2) is 0 Å². The molecule has 5 rings (SSSR count). The maximum atomic E-state index is 12.9. The highest BCUT2D eigenvalue weighted by Crippen LogP contribution is 2.39. The number of carbonyl (C=O) groups is 4. The third-order valence-electron chi connectivity index (χ3n) is 12.7. The van der Waals surface area contributed by atoms with Crippen LogP contribution in [0.2, 0.25) is 0 Å². The molecule has 5 saturated heterocycles. The first-order valence-electron chi connectivity index (χ1n) is 22.9. The lowest BCUT2D eigenvalue weighted by atomic mass is 9.88. The van der Waals surface area contributed by atoms with E-state index in [1.807, 2.05) is 0 Å². The summed E-state index contributed by atoms with van der Waals surface area (Å²) >= 11 is 0. The van der Waals surface area contributed by atoms with Crippen molar-refractivity contribution in [3.63, 3.8) is 0 Å². The Morgan fingerprint density at radius 3 is 1.69 bits per heavy atom. The third-order valence-corrected chi connectivity index (χ3v) is 13.1. The van der Waals surface area contributed by atoms with Gasteiger partial charge >= 0.3 is 16.4 Å². The van der Waals surface area contributed by atoms with E-state index in [1.165, 1.54) is 0 Å². The van der Waals surface area contributed by atoms with Gasteiger partial charge in [0.05, 0.1) is 45.2 Å². The molecule has 0 aliphatic carbocycles. The number of rotatable bonds is 21. The highest BCUT2D eigenvalue weighted by molar-refractivity contribution is 7.80. The van der Waals surface area contributed by atoms with Gasteiger partial charge in [0.2, 0.25) is 17.7 Å². The van der Waals surface area contributed by atoms with Gasteiger partial charge in [-0.25, -0.2) is 8.98 Å². The molecule has 35 nitrogen and oxygen atoms in total. The summed E-state index contributed by atoms with van der Waals surface area (Å²) in [5.41, 5.74) is 0. The molecule has 0 aromatic rings. The number of hydrogen-bond acceptors (Lipinski definition) is 30. The van der Waals surface area contributed by atoms with Crippen molar-refractivity contribution < 1.29 is 156 Å². The Kier molecular flexibility index (Phi) is 21.9. The first-order chi connectivity index (χ1) is 35.0. The van der Waals surface area contributed by atoms with E-state index >= 15 is 0 Å². The average Bonchev–Trinajstić information content (AvgIpc) is 3.33. The van der Waals surface area contributed by atoms with Gasteiger partial charge < -0.3 is 135 Å². The molecule has 0 bridgehead atoms. The highest BCUT2D eigenvalue weighted by atomic mass is 32.3. The summed E-state index contributed by atoms with van der Waals surface area (Å²) in [6.07, 6.45) is -46.2.